The predicted molar refractivity (Wildman–Crippen MR) is 52.5 cm³/mol. The summed E-state index contributed by atoms with van der Waals surface area (Å²) in [6, 6.07) is 0.0923. The molecule has 0 saturated heterocycles. The van der Waals surface area contributed by atoms with Crippen molar-refractivity contribution < 1.29 is 32.8 Å². The molecule has 0 aliphatic carbocycles. The second-order valence-electron chi connectivity index (χ2n) is 3.34. The smallest absolute Gasteiger partial charge is 0.417 e. The van der Waals surface area contributed by atoms with E-state index in [2.05, 4.69) is 4.98 Å². The molecule has 7 nitrogen and oxygen atoms in total. The minimum atomic E-state index is -5.03. The highest BCUT2D eigenvalue weighted by Crippen LogP contribution is 2.33. The lowest BCUT2D eigenvalue weighted by Crippen LogP contribution is -2.16. The third-order valence-corrected chi connectivity index (χ3v) is 1.99. The van der Waals surface area contributed by atoms with Gasteiger partial charge in [-0.3, -0.25) is 9.59 Å². The molecule has 19 heavy (non-hydrogen) atoms. The number of carbonyl (C=O) groups is 2. The van der Waals surface area contributed by atoms with Crippen LogP contribution < -0.4 is 0 Å². The zero-order valence-corrected chi connectivity index (χ0v) is 8.97. The number of rotatable bonds is 4. The Morgan fingerprint density at radius 1 is 1.42 bits per heavy atom. The molecule has 0 radical (unpaired) electrons. The summed E-state index contributed by atoms with van der Waals surface area (Å²) in [5.74, 6) is -4.03. The monoisotopic (exact) mass is 278 g/mol. The number of Topliss-reactive ketones (excluding diaryl/α,β-unsaturated/α-hetero) is 1. The second-order valence-corrected chi connectivity index (χ2v) is 3.34. The number of aliphatic carboxylic acids is 1. The van der Waals surface area contributed by atoms with Crippen molar-refractivity contribution in [2.24, 2.45) is 0 Å². The first kappa shape index (κ1) is 14.5. The van der Waals surface area contributed by atoms with Gasteiger partial charge in [0.1, 0.15) is 6.42 Å². The van der Waals surface area contributed by atoms with E-state index in [9.17, 15) is 32.9 Å². The van der Waals surface area contributed by atoms with Crippen molar-refractivity contribution in [1.29, 1.82) is 0 Å². The summed E-state index contributed by atoms with van der Waals surface area (Å²) in [7, 11) is 0. The largest absolute Gasteiger partial charge is 0.481 e. The van der Waals surface area contributed by atoms with Crippen molar-refractivity contribution in [3.63, 3.8) is 0 Å². The Kier molecular flexibility index (Phi) is 3.83. The fourth-order valence-electron chi connectivity index (χ4n) is 1.23. The number of carboxylic acids is 1. The number of alkyl halides is 3. The van der Waals surface area contributed by atoms with Crippen LogP contribution in [0.3, 0.4) is 0 Å². The molecule has 0 amide bonds. The first-order valence-electron chi connectivity index (χ1n) is 4.59. The van der Waals surface area contributed by atoms with Gasteiger partial charge in [0.2, 0.25) is 0 Å². The number of carboxylic acid groups (broad SMARTS) is 1. The van der Waals surface area contributed by atoms with Gasteiger partial charge in [-0.05, 0) is 9.91 Å². The average molecular weight is 278 g/mol. The summed E-state index contributed by atoms with van der Waals surface area (Å²) in [4.78, 5) is 33.9. The molecule has 0 atom stereocenters. The number of pyridine rings is 1. The average Bonchev–Trinajstić information content (AvgIpc) is 2.25. The van der Waals surface area contributed by atoms with Gasteiger partial charge in [0.25, 0.3) is 0 Å². The summed E-state index contributed by atoms with van der Waals surface area (Å²) in [6.07, 6.45) is -5.84. The van der Waals surface area contributed by atoms with Crippen molar-refractivity contribution >= 4 is 17.6 Å². The SMILES string of the molecule is O=C(O)CC(=O)c1cnc([N+](=O)[O-])cc1C(F)(F)F. The first-order valence-corrected chi connectivity index (χ1v) is 4.59. The molecule has 0 spiro atoms. The molecular formula is C9H5F3N2O5. The van der Waals surface area contributed by atoms with E-state index in [4.69, 9.17) is 5.11 Å². The van der Waals surface area contributed by atoms with E-state index < -0.39 is 46.2 Å². The van der Waals surface area contributed by atoms with Crippen molar-refractivity contribution in [3.05, 3.63) is 33.5 Å². The maximum atomic E-state index is 12.6. The minimum Gasteiger partial charge on any atom is -0.481 e. The van der Waals surface area contributed by atoms with Crippen LogP contribution in [0.5, 0.6) is 0 Å². The van der Waals surface area contributed by atoms with Gasteiger partial charge in [-0.2, -0.15) is 13.2 Å². The molecule has 0 unspecified atom stereocenters. The Balaban J connectivity index is 3.36. The molecule has 0 aromatic carbocycles. The van der Waals surface area contributed by atoms with Crippen molar-refractivity contribution in [3.8, 4) is 0 Å². The molecule has 1 N–H and O–H groups in total. The predicted octanol–water partition coefficient (Wildman–Crippen LogP) is 1.67. The third kappa shape index (κ3) is 3.47. The van der Waals surface area contributed by atoms with Gasteiger partial charge in [0.15, 0.2) is 12.0 Å². The molecule has 1 aromatic rings. The van der Waals surface area contributed by atoms with Crippen molar-refractivity contribution in [2.75, 3.05) is 0 Å². The Labute approximate surface area is 102 Å². The van der Waals surface area contributed by atoms with E-state index in [1.54, 1.807) is 0 Å². The quantitative estimate of drug-likeness (QED) is 0.388. The number of nitro groups is 1. The lowest BCUT2D eigenvalue weighted by atomic mass is 10.0. The van der Waals surface area contributed by atoms with Crippen LogP contribution in [-0.2, 0) is 11.0 Å². The van der Waals surface area contributed by atoms with E-state index >= 15 is 0 Å². The van der Waals surface area contributed by atoms with E-state index in [-0.39, 0.29) is 6.07 Å². The van der Waals surface area contributed by atoms with Crippen LogP contribution in [0, 0.1) is 10.1 Å². The van der Waals surface area contributed by atoms with Crippen LogP contribution in [0.4, 0.5) is 19.0 Å². The number of nitrogens with zero attached hydrogens (tertiary/aromatic N) is 2. The number of halogens is 3. The Bertz CT molecular complexity index is 555. The molecule has 1 aromatic heterocycles. The highest BCUT2D eigenvalue weighted by molar-refractivity contribution is 6.06. The van der Waals surface area contributed by atoms with Crippen molar-refractivity contribution in [1.82, 2.24) is 4.98 Å². The zero-order chi connectivity index (χ0) is 14.8. The lowest BCUT2D eigenvalue weighted by molar-refractivity contribution is -0.389. The molecule has 10 heteroatoms. The normalized spacial score (nSPS) is 11.1. The van der Waals surface area contributed by atoms with E-state index in [1.807, 2.05) is 0 Å². The number of carbonyl (C=O) groups excluding carboxylic acids is 1. The van der Waals surface area contributed by atoms with Crippen molar-refractivity contribution in [2.45, 2.75) is 12.6 Å². The summed E-state index contributed by atoms with van der Waals surface area (Å²) in [6.45, 7) is 0. The summed E-state index contributed by atoms with van der Waals surface area (Å²) in [5.41, 5.74) is -2.60. The zero-order valence-electron chi connectivity index (χ0n) is 8.97. The van der Waals surface area contributed by atoms with Gasteiger partial charge in [0.05, 0.1) is 11.1 Å². The molecule has 1 heterocycles. The molecule has 0 fully saturated rings. The van der Waals surface area contributed by atoms with Crippen LogP contribution in [0.25, 0.3) is 0 Å². The number of aromatic nitrogens is 1. The first-order chi connectivity index (χ1) is 8.62. The van der Waals surface area contributed by atoms with Gasteiger partial charge in [0, 0.05) is 6.07 Å². The molecule has 102 valence electrons. The number of hydrogen-bond donors (Lipinski definition) is 1. The van der Waals surface area contributed by atoms with Crippen LogP contribution in [0.1, 0.15) is 22.3 Å². The number of ketones is 1. The van der Waals surface area contributed by atoms with Gasteiger partial charge < -0.3 is 15.2 Å². The van der Waals surface area contributed by atoms with E-state index in [0.29, 0.717) is 6.20 Å². The van der Waals surface area contributed by atoms with Gasteiger partial charge in [-0.15, -0.1) is 0 Å². The second kappa shape index (κ2) is 5.00. The standard InChI is InChI=1S/C9H5F3N2O5/c10-9(11,12)5-1-7(14(18)19)13-3-4(5)6(15)2-8(16)17/h1,3H,2H2,(H,16,17). The minimum absolute atomic E-state index is 0.0923. The summed E-state index contributed by atoms with van der Waals surface area (Å²) < 4.78 is 37.9. The third-order valence-electron chi connectivity index (χ3n) is 1.99. The molecule has 0 aliphatic heterocycles. The fourth-order valence-corrected chi connectivity index (χ4v) is 1.23. The Morgan fingerprint density at radius 3 is 2.42 bits per heavy atom. The van der Waals surface area contributed by atoms with Gasteiger partial charge >= 0.3 is 18.0 Å². The van der Waals surface area contributed by atoms with Crippen LogP contribution >= 0.6 is 0 Å². The summed E-state index contributed by atoms with van der Waals surface area (Å²) >= 11 is 0. The molecule has 0 aliphatic rings. The molecular weight excluding hydrogens is 273 g/mol. The topological polar surface area (TPSA) is 110 Å². The van der Waals surface area contributed by atoms with Crippen LogP contribution in [0.2, 0.25) is 0 Å². The highest BCUT2D eigenvalue weighted by atomic mass is 19.4. The van der Waals surface area contributed by atoms with Crippen LogP contribution in [-0.4, -0.2) is 26.8 Å². The molecule has 1 rings (SSSR count). The highest BCUT2D eigenvalue weighted by Gasteiger charge is 2.38. The maximum absolute atomic E-state index is 12.6. The Morgan fingerprint density at radius 2 is 2.00 bits per heavy atom. The van der Waals surface area contributed by atoms with Gasteiger partial charge in [-0.1, -0.05) is 0 Å². The molecule has 0 bridgehead atoms. The Hall–Kier alpha value is -2.52. The fraction of sp³-hybridized carbons (Fsp3) is 0.222. The van der Waals surface area contributed by atoms with Crippen LogP contribution in [0.15, 0.2) is 12.3 Å². The van der Waals surface area contributed by atoms with E-state index in [1.165, 1.54) is 0 Å². The maximum Gasteiger partial charge on any atom is 0.417 e. The number of hydrogen-bond acceptors (Lipinski definition) is 5. The lowest BCUT2D eigenvalue weighted by Gasteiger charge is -2.09. The van der Waals surface area contributed by atoms with Gasteiger partial charge in [-0.25, -0.2) is 0 Å². The summed E-state index contributed by atoms with van der Waals surface area (Å²) in [5, 5.41) is 18.7. The van der Waals surface area contributed by atoms with E-state index in [0.717, 1.165) is 0 Å². The molecule has 0 saturated carbocycles.